The van der Waals surface area contributed by atoms with Crippen LogP contribution in [0.1, 0.15) is 11.6 Å². The van der Waals surface area contributed by atoms with Crippen LogP contribution in [0.3, 0.4) is 0 Å². The third-order valence-electron chi connectivity index (χ3n) is 1.93. The van der Waals surface area contributed by atoms with E-state index in [-0.39, 0.29) is 24.1 Å². The first-order chi connectivity index (χ1) is 6.19. The largest absolute Gasteiger partial charge is 0.504 e. The number of likely N-dealkylation sites (N-methyl/N-ethyl adjacent to an activating group) is 1. The fourth-order valence-corrected chi connectivity index (χ4v) is 1.12. The topological polar surface area (TPSA) is 72.7 Å². The Morgan fingerprint density at radius 2 is 2.00 bits per heavy atom. The molecule has 0 unspecified atom stereocenters. The van der Waals surface area contributed by atoms with Gasteiger partial charge in [-0.25, -0.2) is 0 Å². The van der Waals surface area contributed by atoms with Gasteiger partial charge in [-0.3, -0.25) is 0 Å². The van der Waals surface area contributed by atoms with E-state index in [1.54, 1.807) is 13.1 Å². The van der Waals surface area contributed by atoms with Crippen molar-refractivity contribution in [1.29, 1.82) is 0 Å². The lowest BCUT2D eigenvalue weighted by molar-refractivity contribution is 0.250. The first-order valence-electron chi connectivity index (χ1n) is 3.99. The summed E-state index contributed by atoms with van der Waals surface area (Å²) in [7, 11) is 1.71. The van der Waals surface area contributed by atoms with Crippen molar-refractivity contribution >= 4 is 0 Å². The number of benzene rings is 1. The van der Waals surface area contributed by atoms with E-state index in [1.165, 1.54) is 12.1 Å². The molecule has 1 aromatic carbocycles. The van der Waals surface area contributed by atoms with Crippen LogP contribution >= 0.6 is 0 Å². The van der Waals surface area contributed by atoms with Crippen LogP contribution in [-0.2, 0) is 0 Å². The molecule has 1 atom stereocenters. The minimum absolute atomic E-state index is 0.0548. The zero-order chi connectivity index (χ0) is 9.84. The maximum absolute atomic E-state index is 9.18. The van der Waals surface area contributed by atoms with Crippen molar-refractivity contribution in [3.05, 3.63) is 23.8 Å². The molecule has 0 spiro atoms. The van der Waals surface area contributed by atoms with Crippen LogP contribution in [0.2, 0.25) is 0 Å². The Morgan fingerprint density at radius 3 is 2.46 bits per heavy atom. The molecule has 0 aliphatic rings. The second-order valence-electron chi connectivity index (χ2n) is 2.77. The molecule has 4 heteroatoms. The van der Waals surface area contributed by atoms with E-state index >= 15 is 0 Å². The van der Waals surface area contributed by atoms with Gasteiger partial charge in [0.15, 0.2) is 11.5 Å². The van der Waals surface area contributed by atoms with Crippen molar-refractivity contribution in [3.63, 3.8) is 0 Å². The lowest BCUT2D eigenvalue weighted by Crippen LogP contribution is -2.19. The number of hydrogen-bond donors (Lipinski definition) is 4. The standard InChI is InChI=1S/C9H13NO3/c1-10-7(5-11)6-2-3-8(12)9(13)4-6/h2-4,7,10-13H,5H2,1H3/t7-/m1/s1. The summed E-state index contributed by atoms with van der Waals surface area (Å²) in [5.74, 6) is -0.331. The molecule has 4 nitrogen and oxygen atoms in total. The van der Waals surface area contributed by atoms with E-state index in [2.05, 4.69) is 5.32 Å². The molecule has 0 bridgehead atoms. The van der Waals surface area contributed by atoms with Crippen molar-refractivity contribution in [1.82, 2.24) is 5.32 Å². The fourth-order valence-electron chi connectivity index (χ4n) is 1.12. The molecule has 0 radical (unpaired) electrons. The molecule has 72 valence electrons. The molecular weight excluding hydrogens is 170 g/mol. The summed E-state index contributed by atoms with van der Waals surface area (Å²) in [5.41, 5.74) is 0.736. The molecule has 0 saturated heterocycles. The average molecular weight is 183 g/mol. The Morgan fingerprint density at radius 1 is 1.31 bits per heavy atom. The normalized spacial score (nSPS) is 12.8. The first-order valence-corrected chi connectivity index (χ1v) is 3.99. The van der Waals surface area contributed by atoms with Crippen LogP contribution in [0.15, 0.2) is 18.2 Å². The third-order valence-corrected chi connectivity index (χ3v) is 1.93. The quantitative estimate of drug-likeness (QED) is 0.510. The van der Waals surface area contributed by atoms with Crippen LogP contribution in [0.4, 0.5) is 0 Å². The number of nitrogens with one attached hydrogen (secondary N) is 1. The number of aromatic hydroxyl groups is 2. The molecule has 1 rings (SSSR count). The summed E-state index contributed by atoms with van der Waals surface area (Å²) in [6, 6.07) is 4.25. The van der Waals surface area contributed by atoms with Gasteiger partial charge < -0.3 is 20.6 Å². The molecule has 1 aromatic rings. The first kappa shape index (κ1) is 9.83. The van der Waals surface area contributed by atoms with Crippen LogP contribution in [0.25, 0.3) is 0 Å². The molecule has 4 N–H and O–H groups in total. The van der Waals surface area contributed by atoms with Gasteiger partial charge in [-0.15, -0.1) is 0 Å². The molecule has 0 amide bonds. The van der Waals surface area contributed by atoms with Crippen LogP contribution in [-0.4, -0.2) is 29.0 Å². The Hall–Kier alpha value is -1.26. The van der Waals surface area contributed by atoms with Gasteiger partial charge in [0.05, 0.1) is 12.6 Å². The molecule has 0 aromatic heterocycles. The maximum Gasteiger partial charge on any atom is 0.157 e. The molecule has 0 aliphatic heterocycles. The molecule has 0 fully saturated rings. The summed E-state index contributed by atoms with van der Waals surface area (Å²) < 4.78 is 0. The van der Waals surface area contributed by atoms with E-state index in [1.807, 2.05) is 0 Å². The minimum Gasteiger partial charge on any atom is -0.504 e. The third kappa shape index (κ3) is 2.11. The molecule has 0 saturated carbocycles. The number of phenolic OH excluding ortho intramolecular Hbond substituents is 2. The Kier molecular flexibility index (Phi) is 3.11. The van der Waals surface area contributed by atoms with Gasteiger partial charge in [-0.1, -0.05) is 6.07 Å². The van der Waals surface area contributed by atoms with Gasteiger partial charge in [-0.2, -0.15) is 0 Å². The molecule has 13 heavy (non-hydrogen) atoms. The number of rotatable bonds is 3. The highest BCUT2D eigenvalue weighted by atomic mass is 16.3. The second kappa shape index (κ2) is 4.11. The second-order valence-corrected chi connectivity index (χ2v) is 2.77. The molecule has 0 aliphatic carbocycles. The minimum atomic E-state index is -0.216. The summed E-state index contributed by atoms with van der Waals surface area (Å²) in [4.78, 5) is 0. The van der Waals surface area contributed by atoms with E-state index in [0.717, 1.165) is 5.56 Å². The molecular formula is C9H13NO3. The smallest absolute Gasteiger partial charge is 0.157 e. The van der Waals surface area contributed by atoms with Gasteiger partial charge in [0.25, 0.3) is 0 Å². The summed E-state index contributed by atoms with van der Waals surface area (Å²) in [6.45, 7) is -0.0548. The van der Waals surface area contributed by atoms with Gasteiger partial charge in [0.2, 0.25) is 0 Å². The van der Waals surface area contributed by atoms with Crippen LogP contribution in [0, 0.1) is 0 Å². The lowest BCUT2D eigenvalue weighted by Gasteiger charge is -2.13. The number of aliphatic hydroxyl groups is 1. The Labute approximate surface area is 76.5 Å². The number of hydrogen-bond acceptors (Lipinski definition) is 4. The Bertz CT molecular complexity index is 284. The highest BCUT2D eigenvalue weighted by molar-refractivity contribution is 5.41. The van der Waals surface area contributed by atoms with E-state index in [0.29, 0.717) is 0 Å². The van der Waals surface area contributed by atoms with E-state index in [4.69, 9.17) is 10.2 Å². The maximum atomic E-state index is 9.18. The predicted octanol–water partition coefficient (Wildman–Crippen LogP) is 0.351. The van der Waals surface area contributed by atoms with Gasteiger partial charge in [-0.05, 0) is 24.7 Å². The number of aliphatic hydroxyl groups excluding tert-OH is 1. The van der Waals surface area contributed by atoms with Gasteiger partial charge >= 0.3 is 0 Å². The SMILES string of the molecule is CN[C@H](CO)c1ccc(O)c(O)c1. The zero-order valence-electron chi connectivity index (χ0n) is 7.36. The van der Waals surface area contributed by atoms with Crippen LogP contribution in [0.5, 0.6) is 11.5 Å². The number of phenols is 2. The van der Waals surface area contributed by atoms with Crippen LogP contribution < -0.4 is 5.32 Å². The highest BCUT2D eigenvalue weighted by Crippen LogP contribution is 2.27. The average Bonchev–Trinajstić information content (AvgIpc) is 2.13. The summed E-state index contributed by atoms with van der Waals surface area (Å²) in [5, 5.41) is 30.0. The lowest BCUT2D eigenvalue weighted by atomic mass is 10.1. The van der Waals surface area contributed by atoms with Crippen molar-refractivity contribution in [2.75, 3.05) is 13.7 Å². The van der Waals surface area contributed by atoms with Crippen molar-refractivity contribution in [2.24, 2.45) is 0 Å². The predicted molar refractivity (Wildman–Crippen MR) is 48.7 cm³/mol. The zero-order valence-corrected chi connectivity index (χ0v) is 7.36. The fraction of sp³-hybridized carbons (Fsp3) is 0.333. The van der Waals surface area contributed by atoms with Crippen molar-refractivity contribution < 1.29 is 15.3 Å². The van der Waals surface area contributed by atoms with Crippen molar-refractivity contribution in [2.45, 2.75) is 6.04 Å². The van der Waals surface area contributed by atoms with Gasteiger partial charge in [0.1, 0.15) is 0 Å². The summed E-state index contributed by atoms with van der Waals surface area (Å²) in [6.07, 6.45) is 0. The summed E-state index contributed by atoms with van der Waals surface area (Å²) >= 11 is 0. The monoisotopic (exact) mass is 183 g/mol. The highest BCUT2D eigenvalue weighted by Gasteiger charge is 2.09. The van der Waals surface area contributed by atoms with E-state index in [9.17, 15) is 5.11 Å². The van der Waals surface area contributed by atoms with Crippen molar-refractivity contribution in [3.8, 4) is 11.5 Å². The van der Waals surface area contributed by atoms with Gasteiger partial charge in [0, 0.05) is 0 Å². The molecule has 0 heterocycles. The Balaban J connectivity index is 2.95. The van der Waals surface area contributed by atoms with E-state index < -0.39 is 0 Å².